The number of hydrogen-bond donors (Lipinski definition) is 1. The summed E-state index contributed by atoms with van der Waals surface area (Å²) in [4.78, 5) is 12.0. The van der Waals surface area contributed by atoms with E-state index in [1.54, 1.807) is 18.0 Å². The molecule has 2 rings (SSSR count). The zero-order valence-electron chi connectivity index (χ0n) is 11.4. The summed E-state index contributed by atoms with van der Waals surface area (Å²) in [5, 5.41) is 11.3. The van der Waals surface area contributed by atoms with Crippen LogP contribution >= 0.6 is 15.9 Å². The minimum atomic E-state index is -0.287. The van der Waals surface area contributed by atoms with Crippen LogP contribution in [0.3, 0.4) is 0 Å². The number of methoxy groups -OCH3 is 1. The van der Waals surface area contributed by atoms with E-state index in [2.05, 4.69) is 37.4 Å². The first-order chi connectivity index (χ1) is 10.2. The minimum Gasteiger partial charge on any atom is -0.383 e. The van der Waals surface area contributed by atoms with Crippen LogP contribution in [0.25, 0.3) is 0 Å². The van der Waals surface area contributed by atoms with Crippen LogP contribution in [0.2, 0.25) is 0 Å². The molecule has 0 fully saturated rings. The molecule has 2 aromatic rings. The van der Waals surface area contributed by atoms with Gasteiger partial charge in [-0.15, -0.1) is 6.42 Å². The van der Waals surface area contributed by atoms with E-state index < -0.39 is 0 Å². The molecular weight excluding hydrogens is 338 g/mol. The van der Waals surface area contributed by atoms with Crippen LogP contribution in [0.4, 0.5) is 11.4 Å². The molecule has 0 bridgehead atoms. The van der Waals surface area contributed by atoms with Crippen molar-refractivity contribution in [2.75, 3.05) is 19.0 Å². The fraction of sp³-hybridized carbons (Fsp3) is 0.308. The summed E-state index contributed by atoms with van der Waals surface area (Å²) in [6.45, 7) is 1.36. The minimum absolute atomic E-state index is 0.132. The number of hydrogen-bond acceptors (Lipinski definition) is 5. The van der Waals surface area contributed by atoms with Crippen molar-refractivity contribution in [3.05, 3.63) is 33.4 Å². The molecule has 21 heavy (non-hydrogen) atoms. The molecule has 8 heteroatoms. The number of rotatable bonds is 6. The molecule has 0 radical (unpaired) electrons. The van der Waals surface area contributed by atoms with Gasteiger partial charge >= 0.3 is 0 Å². The van der Waals surface area contributed by atoms with Crippen LogP contribution in [-0.4, -0.2) is 33.3 Å². The van der Waals surface area contributed by atoms with Crippen LogP contribution in [0.15, 0.2) is 27.9 Å². The van der Waals surface area contributed by atoms with Gasteiger partial charge in [-0.3, -0.25) is 9.48 Å². The highest BCUT2D eigenvalue weighted by atomic mass is 79.9. The van der Waals surface area contributed by atoms with Gasteiger partial charge in [0.25, 0.3) is 5.56 Å². The Kier molecular flexibility index (Phi) is 5.14. The van der Waals surface area contributed by atoms with Gasteiger partial charge in [-0.05, 0) is 15.9 Å². The number of nitrogens with zero attached hydrogens (tertiary/aromatic N) is 4. The molecule has 1 N–H and O–H groups in total. The molecule has 0 unspecified atom stereocenters. The van der Waals surface area contributed by atoms with Gasteiger partial charge in [0.1, 0.15) is 11.0 Å². The fourth-order valence-corrected chi connectivity index (χ4v) is 2.05. The molecule has 0 aliphatic rings. The molecule has 0 aromatic carbocycles. The molecular formula is C13H14BrN5O2. The molecule has 0 amide bonds. The summed E-state index contributed by atoms with van der Waals surface area (Å²) in [7, 11) is 1.64. The average Bonchev–Trinajstić information content (AvgIpc) is 2.92. The maximum atomic E-state index is 12.0. The number of aromatic nitrogens is 4. The van der Waals surface area contributed by atoms with Crippen molar-refractivity contribution in [1.29, 1.82) is 0 Å². The van der Waals surface area contributed by atoms with Gasteiger partial charge < -0.3 is 10.1 Å². The van der Waals surface area contributed by atoms with E-state index in [0.29, 0.717) is 23.3 Å². The molecule has 7 nitrogen and oxygen atoms in total. The number of halogens is 1. The first kappa shape index (κ1) is 15.3. The third-order valence-corrected chi connectivity index (χ3v) is 3.43. The Morgan fingerprint density at radius 1 is 1.48 bits per heavy atom. The van der Waals surface area contributed by atoms with Gasteiger partial charge in [-0.2, -0.15) is 10.2 Å². The van der Waals surface area contributed by atoms with E-state index in [1.807, 2.05) is 6.20 Å². The first-order valence-electron chi connectivity index (χ1n) is 6.13. The lowest BCUT2D eigenvalue weighted by Gasteiger charge is -2.07. The largest absolute Gasteiger partial charge is 0.383 e. The van der Waals surface area contributed by atoms with Crippen molar-refractivity contribution in [2.45, 2.75) is 13.1 Å². The number of terminal acetylenes is 1. The third-order valence-electron chi connectivity index (χ3n) is 2.66. The second kappa shape index (κ2) is 7.06. The second-order valence-corrected chi connectivity index (χ2v) is 4.94. The van der Waals surface area contributed by atoms with Crippen molar-refractivity contribution in [1.82, 2.24) is 19.6 Å². The summed E-state index contributed by atoms with van der Waals surface area (Å²) >= 11 is 3.26. The molecule has 2 heterocycles. The maximum absolute atomic E-state index is 12.0. The summed E-state index contributed by atoms with van der Waals surface area (Å²) in [5.74, 6) is 2.38. The summed E-state index contributed by atoms with van der Waals surface area (Å²) < 4.78 is 8.31. The van der Waals surface area contributed by atoms with Crippen molar-refractivity contribution in [3.8, 4) is 12.3 Å². The van der Waals surface area contributed by atoms with E-state index in [0.717, 1.165) is 5.69 Å². The van der Waals surface area contributed by atoms with Crippen LogP contribution in [0.5, 0.6) is 0 Å². The highest BCUT2D eigenvalue weighted by Crippen LogP contribution is 2.21. The second-order valence-electron chi connectivity index (χ2n) is 4.15. The van der Waals surface area contributed by atoms with Crippen LogP contribution < -0.4 is 10.9 Å². The summed E-state index contributed by atoms with van der Waals surface area (Å²) in [5.41, 5.74) is 1.02. The smallest absolute Gasteiger partial charge is 0.284 e. The van der Waals surface area contributed by atoms with E-state index in [4.69, 9.17) is 11.2 Å². The van der Waals surface area contributed by atoms with Crippen molar-refractivity contribution >= 4 is 27.3 Å². The molecule has 0 saturated heterocycles. The van der Waals surface area contributed by atoms with E-state index in [1.165, 1.54) is 10.9 Å². The van der Waals surface area contributed by atoms with Crippen molar-refractivity contribution in [3.63, 3.8) is 0 Å². The number of ether oxygens (including phenoxy) is 1. The Labute approximate surface area is 130 Å². The van der Waals surface area contributed by atoms with Crippen LogP contribution in [0, 0.1) is 12.3 Å². The molecule has 0 atom stereocenters. The zero-order chi connectivity index (χ0) is 15.2. The summed E-state index contributed by atoms with van der Waals surface area (Å²) in [6.07, 6.45) is 10.2. The van der Waals surface area contributed by atoms with E-state index in [-0.39, 0.29) is 12.1 Å². The Hall–Kier alpha value is -2.11. The average molecular weight is 352 g/mol. The predicted molar refractivity (Wildman–Crippen MR) is 82.4 cm³/mol. The van der Waals surface area contributed by atoms with Crippen molar-refractivity contribution < 1.29 is 4.74 Å². The topological polar surface area (TPSA) is 74.0 Å². The first-order valence-corrected chi connectivity index (χ1v) is 6.92. The van der Waals surface area contributed by atoms with Gasteiger partial charge in [-0.25, -0.2) is 4.68 Å². The predicted octanol–water partition coefficient (Wildman–Crippen LogP) is 1.23. The monoisotopic (exact) mass is 351 g/mol. The third kappa shape index (κ3) is 3.71. The Morgan fingerprint density at radius 3 is 3.00 bits per heavy atom. The Balaban J connectivity index is 2.16. The molecule has 2 aromatic heterocycles. The number of nitrogens with one attached hydrogen (secondary N) is 1. The van der Waals surface area contributed by atoms with E-state index in [9.17, 15) is 4.79 Å². The number of anilines is 2. The SMILES string of the molecule is C#CCn1ncc(Nc2cnn(CCOC)c2)c(Br)c1=O. The lowest BCUT2D eigenvalue weighted by Crippen LogP contribution is -2.23. The normalized spacial score (nSPS) is 10.3. The molecule has 110 valence electrons. The van der Waals surface area contributed by atoms with Crippen LogP contribution in [-0.2, 0) is 17.8 Å². The highest BCUT2D eigenvalue weighted by Gasteiger charge is 2.09. The quantitative estimate of drug-likeness (QED) is 0.792. The lowest BCUT2D eigenvalue weighted by molar-refractivity contribution is 0.183. The zero-order valence-corrected chi connectivity index (χ0v) is 13.0. The molecule has 0 saturated carbocycles. The fourth-order valence-electron chi connectivity index (χ4n) is 1.64. The maximum Gasteiger partial charge on any atom is 0.284 e. The Bertz CT molecular complexity index is 716. The van der Waals surface area contributed by atoms with Gasteiger partial charge in [0.2, 0.25) is 0 Å². The van der Waals surface area contributed by atoms with E-state index >= 15 is 0 Å². The standard InChI is InChI=1S/C13H14BrN5O2/c1-3-4-19-13(20)12(14)11(8-16-19)17-10-7-15-18(9-10)5-6-21-2/h1,7-9,17H,4-6H2,2H3. The molecule has 0 spiro atoms. The van der Waals surface area contributed by atoms with Gasteiger partial charge in [0.15, 0.2) is 0 Å². The van der Waals surface area contributed by atoms with Crippen molar-refractivity contribution in [2.24, 2.45) is 0 Å². The summed E-state index contributed by atoms with van der Waals surface area (Å²) in [6, 6.07) is 0. The molecule has 0 aliphatic carbocycles. The highest BCUT2D eigenvalue weighted by molar-refractivity contribution is 9.10. The molecule has 0 aliphatic heterocycles. The van der Waals surface area contributed by atoms with Gasteiger partial charge in [0, 0.05) is 13.3 Å². The lowest BCUT2D eigenvalue weighted by atomic mass is 10.4. The van der Waals surface area contributed by atoms with Gasteiger partial charge in [0.05, 0.1) is 36.9 Å². The Morgan fingerprint density at radius 2 is 2.29 bits per heavy atom. The van der Waals surface area contributed by atoms with Crippen LogP contribution in [0.1, 0.15) is 0 Å². The van der Waals surface area contributed by atoms with Gasteiger partial charge in [-0.1, -0.05) is 5.92 Å².